The van der Waals surface area contributed by atoms with Crippen LogP contribution in [0.4, 0.5) is 25.8 Å². The Kier molecular flexibility index (Phi) is 6.92. The molecule has 0 aliphatic rings. The Hall–Kier alpha value is -4.51. The first-order chi connectivity index (χ1) is 18.6. The van der Waals surface area contributed by atoms with Gasteiger partial charge in [-0.3, -0.25) is 14.2 Å². The summed E-state index contributed by atoms with van der Waals surface area (Å²) in [5.74, 6) is -1.64. The van der Waals surface area contributed by atoms with Crippen molar-refractivity contribution >= 4 is 38.0 Å². The molecule has 0 aliphatic carbocycles. The number of halogens is 2. The maximum absolute atomic E-state index is 14.5. The zero-order chi connectivity index (χ0) is 27.7. The van der Waals surface area contributed by atoms with E-state index in [1.54, 1.807) is 36.3 Å². The second-order valence-corrected chi connectivity index (χ2v) is 11.1. The minimum atomic E-state index is -3.59. The Labute approximate surface area is 223 Å². The third-order valence-electron chi connectivity index (χ3n) is 6.24. The maximum atomic E-state index is 14.5. The topological polar surface area (TPSA) is 98.0 Å². The van der Waals surface area contributed by atoms with E-state index >= 15 is 0 Å². The van der Waals surface area contributed by atoms with Gasteiger partial charge in [-0.25, -0.2) is 17.2 Å². The van der Waals surface area contributed by atoms with Gasteiger partial charge in [0.25, 0.3) is 5.56 Å². The molecule has 0 spiro atoms. The Balaban J connectivity index is 1.69. The highest BCUT2D eigenvalue weighted by molar-refractivity contribution is 7.92. The number of hydrogen-bond donors (Lipinski definition) is 2. The molecule has 5 aromatic rings. The molecular formula is C28H25F2N5O3S. The van der Waals surface area contributed by atoms with Crippen LogP contribution in [0.5, 0.6) is 0 Å². The van der Waals surface area contributed by atoms with Gasteiger partial charge in [-0.05, 0) is 42.8 Å². The van der Waals surface area contributed by atoms with E-state index in [1.165, 1.54) is 23.6 Å². The van der Waals surface area contributed by atoms with Crippen molar-refractivity contribution in [1.82, 2.24) is 14.3 Å². The van der Waals surface area contributed by atoms with Crippen LogP contribution in [-0.4, -0.2) is 28.5 Å². The number of pyridine rings is 1. The van der Waals surface area contributed by atoms with E-state index in [-0.39, 0.29) is 22.7 Å². The summed E-state index contributed by atoms with van der Waals surface area (Å²) >= 11 is 0. The predicted molar refractivity (Wildman–Crippen MR) is 149 cm³/mol. The molecule has 5 rings (SSSR count). The van der Waals surface area contributed by atoms with E-state index in [0.29, 0.717) is 34.3 Å². The van der Waals surface area contributed by atoms with Crippen molar-refractivity contribution in [2.75, 3.05) is 15.8 Å². The second kappa shape index (κ2) is 10.3. The van der Waals surface area contributed by atoms with Gasteiger partial charge in [0.15, 0.2) is 0 Å². The number of anilines is 3. The number of aryl methyl sites for hydroxylation is 1. The molecule has 0 unspecified atom stereocenters. The molecule has 0 atom stereocenters. The third-order valence-corrected chi connectivity index (χ3v) is 7.55. The summed E-state index contributed by atoms with van der Waals surface area (Å²) in [6.45, 7) is 1.95. The summed E-state index contributed by atoms with van der Waals surface area (Å²) in [6.07, 6.45) is 3.27. The maximum Gasteiger partial charge on any atom is 0.261 e. The minimum absolute atomic E-state index is 0.0233. The van der Waals surface area contributed by atoms with Crippen LogP contribution in [0.15, 0.2) is 83.9 Å². The Bertz CT molecular complexity index is 1850. The standard InChI is InChI=1S/C28H25F2N5O3S/c1-3-39(37,38)33-20-10-12-25(31-26-11-9-19(29)13-24(26)30)21(14-20)22-16-34(2)28(36)23-17-35(32-27(22)23)15-18-7-5-4-6-8-18/h4-14,16-17,31,33H,3,15H2,1-2H3. The molecule has 2 heterocycles. The summed E-state index contributed by atoms with van der Waals surface area (Å²) < 4.78 is 58.2. The van der Waals surface area contributed by atoms with E-state index in [1.807, 2.05) is 30.3 Å². The molecule has 0 amide bonds. The average molecular weight is 550 g/mol. The number of nitrogens with zero attached hydrogens (tertiary/aromatic N) is 3. The Morgan fingerprint density at radius 3 is 2.38 bits per heavy atom. The van der Waals surface area contributed by atoms with Crippen LogP contribution in [0, 0.1) is 11.6 Å². The normalized spacial score (nSPS) is 11.6. The van der Waals surface area contributed by atoms with Crippen molar-refractivity contribution < 1.29 is 17.2 Å². The van der Waals surface area contributed by atoms with Crippen LogP contribution in [0.1, 0.15) is 12.5 Å². The number of benzene rings is 3. The summed E-state index contributed by atoms with van der Waals surface area (Å²) in [5, 5.41) is 8.04. The van der Waals surface area contributed by atoms with Crippen molar-refractivity contribution in [2.45, 2.75) is 13.5 Å². The monoisotopic (exact) mass is 549 g/mol. The lowest BCUT2D eigenvalue weighted by atomic mass is 10.0. The molecule has 0 aliphatic heterocycles. The van der Waals surface area contributed by atoms with Gasteiger partial charge in [-0.1, -0.05) is 30.3 Å². The van der Waals surface area contributed by atoms with Crippen molar-refractivity contribution in [3.8, 4) is 11.1 Å². The number of sulfonamides is 1. The third kappa shape index (κ3) is 5.53. The SMILES string of the molecule is CCS(=O)(=O)Nc1ccc(Nc2ccc(F)cc2F)c(-c2cn(C)c(=O)c3cn(Cc4ccccc4)nc23)c1. The zero-order valence-corrected chi connectivity index (χ0v) is 22.0. The lowest BCUT2D eigenvalue weighted by Crippen LogP contribution is -2.16. The molecule has 2 N–H and O–H groups in total. The van der Waals surface area contributed by atoms with Crippen LogP contribution >= 0.6 is 0 Å². The van der Waals surface area contributed by atoms with Crippen molar-refractivity contribution in [2.24, 2.45) is 7.05 Å². The van der Waals surface area contributed by atoms with Gasteiger partial charge in [0.1, 0.15) is 17.2 Å². The molecule has 0 fully saturated rings. The molecule has 2 aromatic heterocycles. The van der Waals surface area contributed by atoms with Crippen LogP contribution in [-0.2, 0) is 23.6 Å². The van der Waals surface area contributed by atoms with Crippen LogP contribution in [0.2, 0.25) is 0 Å². The predicted octanol–water partition coefficient (Wildman–Crippen LogP) is 5.23. The second-order valence-electron chi connectivity index (χ2n) is 9.05. The average Bonchev–Trinajstić information content (AvgIpc) is 3.33. The fourth-order valence-corrected chi connectivity index (χ4v) is 4.89. The molecule has 39 heavy (non-hydrogen) atoms. The van der Waals surface area contributed by atoms with E-state index in [0.717, 1.165) is 17.7 Å². The summed E-state index contributed by atoms with van der Waals surface area (Å²) in [6, 6.07) is 17.5. The molecule has 0 saturated carbocycles. The van der Waals surface area contributed by atoms with Crippen molar-refractivity contribution in [3.05, 3.63) is 107 Å². The highest BCUT2D eigenvalue weighted by Gasteiger charge is 2.19. The van der Waals surface area contributed by atoms with E-state index in [9.17, 15) is 22.0 Å². The first kappa shape index (κ1) is 26.1. The van der Waals surface area contributed by atoms with Gasteiger partial charge in [-0.2, -0.15) is 5.10 Å². The van der Waals surface area contributed by atoms with Gasteiger partial charge in [0.2, 0.25) is 10.0 Å². The number of aromatic nitrogens is 3. The summed E-state index contributed by atoms with van der Waals surface area (Å²) in [5.41, 5.74) is 2.81. The van der Waals surface area contributed by atoms with E-state index < -0.39 is 21.7 Å². The van der Waals surface area contributed by atoms with Crippen LogP contribution in [0.3, 0.4) is 0 Å². The Morgan fingerprint density at radius 1 is 0.923 bits per heavy atom. The van der Waals surface area contributed by atoms with Gasteiger partial charge in [0, 0.05) is 48.0 Å². The van der Waals surface area contributed by atoms with Gasteiger partial charge in [0.05, 0.1) is 23.4 Å². The highest BCUT2D eigenvalue weighted by Crippen LogP contribution is 2.36. The molecule has 3 aromatic carbocycles. The molecule has 8 nitrogen and oxygen atoms in total. The van der Waals surface area contributed by atoms with E-state index in [2.05, 4.69) is 10.0 Å². The Morgan fingerprint density at radius 2 is 1.67 bits per heavy atom. The number of hydrogen-bond acceptors (Lipinski definition) is 5. The fraction of sp³-hybridized carbons (Fsp3) is 0.143. The largest absolute Gasteiger partial charge is 0.353 e. The number of rotatable bonds is 8. The molecular weight excluding hydrogens is 524 g/mol. The molecule has 11 heteroatoms. The lowest BCUT2D eigenvalue weighted by molar-refractivity contribution is 0.586. The quantitative estimate of drug-likeness (QED) is 0.276. The van der Waals surface area contributed by atoms with Gasteiger partial charge < -0.3 is 9.88 Å². The fourth-order valence-electron chi connectivity index (χ4n) is 4.26. The smallest absolute Gasteiger partial charge is 0.261 e. The molecule has 0 saturated heterocycles. The minimum Gasteiger partial charge on any atom is -0.353 e. The zero-order valence-electron chi connectivity index (χ0n) is 21.2. The summed E-state index contributed by atoms with van der Waals surface area (Å²) in [4.78, 5) is 13.0. The van der Waals surface area contributed by atoms with E-state index in [4.69, 9.17) is 5.10 Å². The van der Waals surface area contributed by atoms with Gasteiger partial charge in [-0.15, -0.1) is 0 Å². The lowest BCUT2D eigenvalue weighted by Gasteiger charge is -2.16. The first-order valence-corrected chi connectivity index (χ1v) is 13.8. The van der Waals surface area contributed by atoms with Gasteiger partial charge >= 0.3 is 0 Å². The summed E-state index contributed by atoms with van der Waals surface area (Å²) in [7, 11) is -1.98. The number of fused-ring (bicyclic) bond motifs is 1. The molecule has 200 valence electrons. The number of nitrogens with one attached hydrogen (secondary N) is 2. The van der Waals surface area contributed by atoms with Crippen LogP contribution < -0.4 is 15.6 Å². The molecule has 0 radical (unpaired) electrons. The van der Waals surface area contributed by atoms with Crippen LogP contribution in [0.25, 0.3) is 22.0 Å². The van der Waals surface area contributed by atoms with Crippen molar-refractivity contribution in [1.29, 1.82) is 0 Å². The highest BCUT2D eigenvalue weighted by atomic mass is 32.2. The van der Waals surface area contributed by atoms with Crippen molar-refractivity contribution in [3.63, 3.8) is 0 Å². The first-order valence-electron chi connectivity index (χ1n) is 12.1. The molecule has 0 bridgehead atoms.